The molecule has 1 N–H and O–H groups in total. The van der Waals surface area contributed by atoms with E-state index in [1.807, 2.05) is 42.5 Å². The summed E-state index contributed by atoms with van der Waals surface area (Å²) in [6, 6.07) is 18.5. The molecule has 1 heterocycles. The lowest BCUT2D eigenvalue weighted by Gasteiger charge is -2.28. The first kappa shape index (κ1) is 20.8. The molecule has 1 aliphatic heterocycles. The van der Waals surface area contributed by atoms with Crippen molar-refractivity contribution >= 4 is 24.1 Å². The maximum atomic E-state index is 12.4. The monoisotopic (exact) mass is 416 g/mol. The van der Waals surface area contributed by atoms with Crippen LogP contribution in [0.25, 0.3) is 0 Å². The number of sulfonamides is 1. The molecule has 0 aromatic heterocycles. The van der Waals surface area contributed by atoms with Gasteiger partial charge in [0, 0.05) is 17.7 Å². The summed E-state index contributed by atoms with van der Waals surface area (Å²) in [5.74, 6) is 0. The first-order valence-electron chi connectivity index (χ1n) is 9.87. The summed E-state index contributed by atoms with van der Waals surface area (Å²) >= 11 is 0. The quantitative estimate of drug-likeness (QED) is 0.653. The molecule has 0 saturated carbocycles. The highest BCUT2D eigenvalue weighted by atomic mass is 32.2. The highest BCUT2D eigenvalue weighted by Crippen LogP contribution is 2.26. The second-order valence-corrected chi connectivity index (χ2v) is 13.5. The van der Waals surface area contributed by atoms with E-state index in [0.29, 0.717) is 17.9 Å². The SMILES string of the molecule is CC[Si](CC)(CC)OCCc1ccc2c(c1)C(c1ccccc1)=NNS2(=O)=O. The third kappa shape index (κ3) is 4.21. The molecular formula is C21H28N2O3SSi. The summed E-state index contributed by atoms with van der Waals surface area (Å²) in [5, 5.41) is 4.15. The molecule has 0 amide bonds. The van der Waals surface area contributed by atoms with E-state index in [1.165, 1.54) is 0 Å². The largest absolute Gasteiger partial charge is 0.416 e. The van der Waals surface area contributed by atoms with Gasteiger partial charge in [-0.1, -0.05) is 57.2 Å². The van der Waals surface area contributed by atoms with Gasteiger partial charge in [-0.2, -0.15) is 18.4 Å². The second kappa shape index (κ2) is 8.59. The molecule has 0 radical (unpaired) electrons. The van der Waals surface area contributed by atoms with Gasteiger partial charge in [-0.3, -0.25) is 0 Å². The molecule has 5 nitrogen and oxygen atoms in total. The van der Waals surface area contributed by atoms with Crippen molar-refractivity contribution in [2.45, 2.75) is 50.2 Å². The summed E-state index contributed by atoms with van der Waals surface area (Å²) in [5.41, 5.74) is 3.24. The number of hydrazone groups is 1. The van der Waals surface area contributed by atoms with Crippen LogP contribution in [0.1, 0.15) is 37.5 Å². The average molecular weight is 417 g/mol. The zero-order valence-electron chi connectivity index (χ0n) is 16.7. The Morgan fingerprint density at radius 1 is 1.00 bits per heavy atom. The zero-order valence-corrected chi connectivity index (χ0v) is 18.6. The lowest BCUT2D eigenvalue weighted by Crippen LogP contribution is -2.36. The smallest absolute Gasteiger partial charge is 0.277 e. The van der Waals surface area contributed by atoms with E-state index in [1.54, 1.807) is 6.07 Å². The molecule has 150 valence electrons. The van der Waals surface area contributed by atoms with Gasteiger partial charge in [0.15, 0.2) is 8.32 Å². The summed E-state index contributed by atoms with van der Waals surface area (Å²) in [6.45, 7) is 7.33. The number of nitrogens with one attached hydrogen (secondary N) is 1. The number of rotatable bonds is 8. The lowest BCUT2D eigenvalue weighted by atomic mass is 9.99. The van der Waals surface area contributed by atoms with E-state index in [-0.39, 0.29) is 4.90 Å². The molecule has 0 saturated heterocycles. The molecule has 0 bridgehead atoms. The Kier molecular flexibility index (Phi) is 6.37. The van der Waals surface area contributed by atoms with E-state index < -0.39 is 18.3 Å². The van der Waals surface area contributed by atoms with Crippen molar-refractivity contribution in [2.24, 2.45) is 5.10 Å². The van der Waals surface area contributed by atoms with Crippen LogP contribution in [0.5, 0.6) is 0 Å². The van der Waals surface area contributed by atoms with Gasteiger partial charge >= 0.3 is 0 Å². The van der Waals surface area contributed by atoms with Gasteiger partial charge in [-0.25, -0.2) is 0 Å². The fourth-order valence-electron chi connectivity index (χ4n) is 3.62. The molecular weight excluding hydrogens is 388 g/mol. The van der Waals surface area contributed by atoms with Gasteiger partial charge < -0.3 is 4.43 Å². The molecule has 0 aliphatic carbocycles. The van der Waals surface area contributed by atoms with E-state index in [2.05, 4.69) is 30.7 Å². The Morgan fingerprint density at radius 2 is 1.68 bits per heavy atom. The van der Waals surface area contributed by atoms with Crippen molar-refractivity contribution in [1.29, 1.82) is 0 Å². The molecule has 7 heteroatoms. The Labute approximate surface area is 169 Å². The van der Waals surface area contributed by atoms with Gasteiger partial charge in [0.25, 0.3) is 10.0 Å². The van der Waals surface area contributed by atoms with Crippen molar-refractivity contribution in [1.82, 2.24) is 4.83 Å². The summed E-state index contributed by atoms with van der Waals surface area (Å²) < 4.78 is 31.1. The second-order valence-electron chi connectivity index (χ2n) is 7.09. The molecule has 28 heavy (non-hydrogen) atoms. The van der Waals surface area contributed by atoms with Crippen molar-refractivity contribution in [2.75, 3.05) is 6.61 Å². The molecule has 0 spiro atoms. The Hall–Kier alpha value is -1.96. The van der Waals surface area contributed by atoms with Gasteiger partial charge in [0.2, 0.25) is 0 Å². The number of nitrogens with zero attached hydrogens (tertiary/aromatic N) is 1. The molecule has 0 fully saturated rings. The first-order valence-corrected chi connectivity index (χ1v) is 13.9. The topological polar surface area (TPSA) is 67.8 Å². The summed E-state index contributed by atoms with van der Waals surface area (Å²) in [7, 11) is -5.24. The maximum Gasteiger partial charge on any atom is 0.277 e. The molecule has 2 aromatic carbocycles. The minimum atomic E-state index is -3.62. The van der Waals surface area contributed by atoms with Crippen LogP contribution in [0.15, 0.2) is 58.5 Å². The minimum Gasteiger partial charge on any atom is -0.416 e. The minimum absolute atomic E-state index is 0.269. The summed E-state index contributed by atoms with van der Waals surface area (Å²) in [6.07, 6.45) is 0.761. The van der Waals surface area contributed by atoms with Crippen LogP contribution in [0, 0.1) is 0 Å². The molecule has 0 unspecified atom stereocenters. The Morgan fingerprint density at radius 3 is 2.32 bits per heavy atom. The van der Waals surface area contributed by atoms with Crippen molar-refractivity contribution in [3.8, 4) is 0 Å². The van der Waals surface area contributed by atoms with Gasteiger partial charge in [-0.05, 0) is 42.2 Å². The number of benzene rings is 2. The molecule has 2 aromatic rings. The van der Waals surface area contributed by atoms with Crippen LogP contribution in [0.4, 0.5) is 0 Å². The van der Waals surface area contributed by atoms with Gasteiger partial charge in [-0.15, -0.1) is 0 Å². The van der Waals surface area contributed by atoms with Crippen molar-refractivity contribution in [3.05, 3.63) is 65.2 Å². The molecule has 0 atom stereocenters. The normalized spacial score (nSPS) is 15.5. The van der Waals surface area contributed by atoms with E-state index in [9.17, 15) is 8.42 Å². The Bertz CT molecular complexity index is 947. The first-order chi connectivity index (χ1) is 13.4. The number of hydrogen-bond donors (Lipinski definition) is 1. The molecule has 1 aliphatic rings. The van der Waals surface area contributed by atoms with Crippen LogP contribution in [0.2, 0.25) is 18.1 Å². The van der Waals surface area contributed by atoms with Crippen LogP contribution < -0.4 is 4.83 Å². The third-order valence-corrected chi connectivity index (χ3v) is 11.6. The van der Waals surface area contributed by atoms with Crippen LogP contribution >= 0.6 is 0 Å². The van der Waals surface area contributed by atoms with Crippen molar-refractivity contribution < 1.29 is 12.8 Å². The van der Waals surface area contributed by atoms with Crippen LogP contribution in [0.3, 0.4) is 0 Å². The predicted molar refractivity (Wildman–Crippen MR) is 116 cm³/mol. The highest BCUT2D eigenvalue weighted by molar-refractivity contribution is 7.89. The fraction of sp³-hybridized carbons (Fsp3) is 0.381. The molecule has 3 rings (SSSR count). The predicted octanol–water partition coefficient (Wildman–Crippen LogP) is 4.30. The zero-order chi connectivity index (χ0) is 20.2. The van der Waals surface area contributed by atoms with E-state index in [4.69, 9.17) is 4.43 Å². The van der Waals surface area contributed by atoms with Gasteiger partial charge in [0.1, 0.15) is 0 Å². The number of hydrogen-bond acceptors (Lipinski definition) is 4. The highest BCUT2D eigenvalue weighted by Gasteiger charge is 2.29. The number of fused-ring (bicyclic) bond motifs is 1. The van der Waals surface area contributed by atoms with Gasteiger partial charge in [0.05, 0.1) is 10.6 Å². The maximum absolute atomic E-state index is 12.4. The average Bonchev–Trinajstić information content (AvgIpc) is 2.72. The van der Waals surface area contributed by atoms with Crippen LogP contribution in [-0.2, 0) is 20.9 Å². The van der Waals surface area contributed by atoms with E-state index >= 15 is 0 Å². The summed E-state index contributed by atoms with van der Waals surface area (Å²) in [4.78, 5) is 2.58. The third-order valence-electron chi connectivity index (χ3n) is 5.65. The van der Waals surface area contributed by atoms with Crippen LogP contribution in [-0.4, -0.2) is 29.1 Å². The Balaban J connectivity index is 1.87. The lowest BCUT2D eigenvalue weighted by molar-refractivity contribution is 0.303. The van der Waals surface area contributed by atoms with E-state index in [0.717, 1.165) is 35.7 Å². The fourth-order valence-corrected chi connectivity index (χ4v) is 7.27. The standard InChI is InChI=1S/C21H28N2O3SSi/c1-4-28(5-2,6-3)26-15-14-17-12-13-20-19(16-17)21(22-23-27(20,24)25)18-10-8-7-9-11-18/h7-13,16,23H,4-6,14-15H2,1-3H3. The van der Waals surface area contributed by atoms with Crippen molar-refractivity contribution in [3.63, 3.8) is 0 Å².